The second-order valence-electron chi connectivity index (χ2n) is 5.72. The van der Waals surface area contributed by atoms with Crippen LogP contribution in [0.3, 0.4) is 0 Å². The van der Waals surface area contributed by atoms with E-state index in [1.165, 1.54) is 13.4 Å². The number of hydrogen-bond donors (Lipinski definition) is 5. The van der Waals surface area contributed by atoms with Crippen LogP contribution in [0.1, 0.15) is 18.2 Å². The third-order valence-electron chi connectivity index (χ3n) is 3.96. The van der Waals surface area contributed by atoms with Crippen molar-refractivity contribution < 1.29 is 29.6 Å². The number of aromatic nitrogens is 8. The topological polar surface area (TPSA) is 220 Å². The van der Waals surface area contributed by atoms with E-state index < -0.39 is 37.1 Å². The quantitative estimate of drug-likeness (QED) is 0.239. The van der Waals surface area contributed by atoms with Crippen LogP contribution >= 0.6 is 11.6 Å². The number of tetrazole rings is 1. The largest absolute Gasteiger partial charge is 0.479 e. The molecule has 0 unspecified atom stereocenters. The standard InChI is InChI=1S/C13H16ClN9O6/c1-28-4(2-29-7(12(26)27)9-19-21-22-20-9)6(24)11(25)23-3-16-5-8(15)17-13(14)18-10(5)23/h3-4,6-7,11,24-25H,2H2,1H3,(H,26,27)(H2,15,17,18)(H,19,20,21,22)/t4-,6-,7-,11-/m1/s1. The smallest absolute Gasteiger partial charge is 0.340 e. The SMILES string of the molecule is CO[C@H](CO[C@@H](C(=O)O)c1nnn[nH]1)[C@@H](O)[C@@H](O)n1cnc2c(N)nc(Cl)nc21. The van der Waals surface area contributed by atoms with E-state index in [2.05, 4.69) is 35.6 Å². The van der Waals surface area contributed by atoms with Gasteiger partial charge in [0.1, 0.15) is 17.7 Å². The lowest BCUT2D eigenvalue weighted by Gasteiger charge is -2.27. The molecule has 3 aromatic rings. The van der Waals surface area contributed by atoms with Gasteiger partial charge in [-0.1, -0.05) is 0 Å². The van der Waals surface area contributed by atoms with Gasteiger partial charge in [-0.15, -0.1) is 5.10 Å². The van der Waals surface area contributed by atoms with Crippen LogP contribution in [0.2, 0.25) is 5.28 Å². The zero-order chi connectivity index (χ0) is 21.1. The second kappa shape index (κ2) is 8.58. The molecule has 29 heavy (non-hydrogen) atoms. The number of carbonyl (C=O) groups is 1. The van der Waals surface area contributed by atoms with Gasteiger partial charge in [-0.3, -0.25) is 4.57 Å². The normalized spacial score (nSPS) is 15.9. The number of anilines is 1. The number of fused-ring (bicyclic) bond motifs is 1. The van der Waals surface area contributed by atoms with Gasteiger partial charge < -0.3 is 30.5 Å². The number of methoxy groups -OCH3 is 1. The Hall–Kier alpha value is -2.98. The van der Waals surface area contributed by atoms with E-state index in [0.29, 0.717) is 0 Å². The highest BCUT2D eigenvalue weighted by Gasteiger charge is 2.32. The predicted octanol–water partition coefficient (Wildman–Crippen LogP) is -1.72. The Kier molecular flexibility index (Phi) is 6.14. The highest BCUT2D eigenvalue weighted by Crippen LogP contribution is 2.24. The van der Waals surface area contributed by atoms with Gasteiger partial charge in [-0.2, -0.15) is 9.97 Å². The molecule has 4 atom stereocenters. The average molecular weight is 430 g/mol. The lowest BCUT2D eigenvalue weighted by atomic mass is 10.2. The summed E-state index contributed by atoms with van der Waals surface area (Å²) in [7, 11) is 1.25. The number of aliphatic carboxylic acids is 1. The molecule has 0 aromatic carbocycles. The van der Waals surface area contributed by atoms with Gasteiger partial charge in [0, 0.05) is 7.11 Å². The molecular formula is C13H16ClN9O6. The van der Waals surface area contributed by atoms with Crippen LogP contribution in [0.5, 0.6) is 0 Å². The van der Waals surface area contributed by atoms with Gasteiger partial charge in [0.05, 0.1) is 12.9 Å². The minimum absolute atomic E-state index is 0.00275. The molecule has 3 aromatic heterocycles. The minimum Gasteiger partial charge on any atom is -0.479 e. The van der Waals surface area contributed by atoms with E-state index in [-0.39, 0.29) is 28.1 Å². The number of nitrogens with zero attached hydrogens (tertiary/aromatic N) is 7. The number of ether oxygens (including phenoxy) is 2. The van der Waals surface area contributed by atoms with Crippen LogP contribution in [-0.4, -0.2) is 87.4 Å². The summed E-state index contributed by atoms with van der Waals surface area (Å²) < 4.78 is 11.5. The number of aromatic amines is 1. The summed E-state index contributed by atoms with van der Waals surface area (Å²) in [6.45, 7) is -0.420. The number of nitrogens with two attached hydrogens (primary N) is 1. The summed E-state index contributed by atoms with van der Waals surface area (Å²) >= 11 is 5.78. The maximum absolute atomic E-state index is 11.4. The number of H-pyrrole nitrogens is 1. The van der Waals surface area contributed by atoms with E-state index in [9.17, 15) is 20.1 Å². The van der Waals surface area contributed by atoms with Crippen molar-refractivity contribution in [3.05, 3.63) is 17.4 Å². The van der Waals surface area contributed by atoms with Gasteiger partial charge in [0.25, 0.3) is 0 Å². The number of hydrogen-bond acceptors (Lipinski definition) is 12. The summed E-state index contributed by atoms with van der Waals surface area (Å²) in [6, 6.07) is 0. The summed E-state index contributed by atoms with van der Waals surface area (Å²) in [4.78, 5) is 23.0. The number of nitrogens with one attached hydrogen (secondary N) is 1. The minimum atomic E-state index is -1.60. The highest BCUT2D eigenvalue weighted by molar-refractivity contribution is 6.28. The fourth-order valence-electron chi connectivity index (χ4n) is 2.50. The van der Waals surface area contributed by atoms with E-state index in [4.69, 9.17) is 26.8 Å². The van der Waals surface area contributed by atoms with Gasteiger partial charge >= 0.3 is 5.97 Å². The molecule has 0 saturated heterocycles. The first-order valence-corrected chi connectivity index (χ1v) is 8.33. The van der Waals surface area contributed by atoms with Crippen molar-refractivity contribution in [1.29, 1.82) is 0 Å². The molecule has 0 amide bonds. The van der Waals surface area contributed by atoms with Crippen molar-refractivity contribution >= 4 is 34.6 Å². The van der Waals surface area contributed by atoms with Crippen LogP contribution in [0.25, 0.3) is 11.2 Å². The lowest BCUT2D eigenvalue weighted by Crippen LogP contribution is -2.40. The van der Waals surface area contributed by atoms with E-state index in [0.717, 1.165) is 4.57 Å². The Labute approximate surface area is 166 Å². The molecule has 0 saturated carbocycles. The van der Waals surface area contributed by atoms with Crippen LogP contribution in [0.15, 0.2) is 6.33 Å². The summed E-state index contributed by atoms with van der Waals surface area (Å²) in [5, 5.41) is 42.5. The molecule has 0 radical (unpaired) electrons. The molecule has 0 aliphatic rings. The van der Waals surface area contributed by atoms with Crippen molar-refractivity contribution in [3.63, 3.8) is 0 Å². The number of carboxylic acid groups (broad SMARTS) is 1. The Balaban J connectivity index is 1.77. The molecule has 0 aliphatic heterocycles. The molecule has 6 N–H and O–H groups in total. The summed E-state index contributed by atoms with van der Waals surface area (Å²) in [5.41, 5.74) is 5.97. The Morgan fingerprint density at radius 2 is 2.17 bits per heavy atom. The number of nitrogen functional groups attached to an aromatic ring is 1. The zero-order valence-corrected chi connectivity index (χ0v) is 15.5. The van der Waals surface area contributed by atoms with Crippen LogP contribution in [0.4, 0.5) is 5.82 Å². The summed E-state index contributed by atoms with van der Waals surface area (Å²) in [6.07, 6.45) is -4.67. The number of aliphatic hydroxyl groups excluding tert-OH is 2. The highest BCUT2D eigenvalue weighted by atomic mass is 35.5. The zero-order valence-electron chi connectivity index (χ0n) is 14.7. The van der Waals surface area contributed by atoms with Crippen molar-refractivity contribution in [2.45, 2.75) is 24.5 Å². The van der Waals surface area contributed by atoms with E-state index >= 15 is 0 Å². The van der Waals surface area contributed by atoms with Crippen molar-refractivity contribution in [1.82, 2.24) is 40.1 Å². The average Bonchev–Trinajstić information content (AvgIpc) is 3.34. The number of carboxylic acids is 1. The molecule has 0 bridgehead atoms. The van der Waals surface area contributed by atoms with Gasteiger partial charge in [0.2, 0.25) is 11.4 Å². The predicted molar refractivity (Wildman–Crippen MR) is 93.3 cm³/mol. The van der Waals surface area contributed by atoms with Crippen molar-refractivity contribution in [3.8, 4) is 0 Å². The first-order chi connectivity index (χ1) is 13.8. The van der Waals surface area contributed by atoms with E-state index in [1.54, 1.807) is 0 Å². The third kappa shape index (κ3) is 4.22. The Bertz CT molecular complexity index is 983. The molecule has 3 rings (SSSR count). The maximum Gasteiger partial charge on any atom is 0.340 e. The first-order valence-electron chi connectivity index (χ1n) is 7.96. The molecule has 0 fully saturated rings. The molecule has 15 nitrogen and oxygen atoms in total. The molecule has 0 aliphatic carbocycles. The second-order valence-corrected chi connectivity index (χ2v) is 6.06. The first kappa shape index (κ1) is 20.7. The lowest BCUT2D eigenvalue weighted by molar-refractivity contribution is -0.162. The number of imidazole rings is 1. The molecule has 0 spiro atoms. The number of halogens is 1. The monoisotopic (exact) mass is 429 g/mol. The Morgan fingerprint density at radius 1 is 1.41 bits per heavy atom. The van der Waals surface area contributed by atoms with Crippen LogP contribution in [-0.2, 0) is 14.3 Å². The molecule has 156 valence electrons. The fraction of sp³-hybridized carbons (Fsp3) is 0.462. The van der Waals surface area contributed by atoms with Crippen molar-refractivity contribution in [2.75, 3.05) is 19.5 Å². The summed E-state index contributed by atoms with van der Waals surface area (Å²) in [5.74, 6) is -1.52. The Morgan fingerprint density at radius 3 is 2.79 bits per heavy atom. The number of rotatable bonds is 9. The molecule has 3 heterocycles. The van der Waals surface area contributed by atoms with Crippen LogP contribution < -0.4 is 5.73 Å². The maximum atomic E-state index is 11.4. The fourth-order valence-corrected chi connectivity index (χ4v) is 2.67. The number of aliphatic hydroxyl groups is 2. The van der Waals surface area contributed by atoms with Gasteiger partial charge in [-0.25, -0.2) is 14.9 Å². The third-order valence-corrected chi connectivity index (χ3v) is 4.13. The molecular weight excluding hydrogens is 414 g/mol. The van der Waals surface area contributed by atoms with E-state index in [1.807, 2.05) is 0 Å². The van der Waals surface area contributed by atoms with Crippen molar-refractivity contribution in [2.24, 2.45) is 0 Å². The van der Waals surface area contributed by atoms with Crippen LogP contribution in [0, 0.1) is 0 Å². The molecule has 16 heteroatoms. The van der Waals surface area contributed by atoms with Gasteiger partial charge in [-0.05, 0) is 22.0 Å². The van der Waals surface area contributed by atoms with Gasteiger partial charge in [0.15, 0.2) is 23.5 Å².